The van der Waals surface area contributed by atoms with Crippen LogP contribution in [0, 0.1) is 6.92 Å². The highest BCUT2D eigenvalue weighted by atomic mass is 16.1. The van der Waals surface area contributed by atoms with E-state index in [1.165, 1.54) is 6.42 Å². The first-order valence-electron chi connectivity index (χ1n) is 5.69. The molecule has 1 atom stereocenters. The predicted octanol–water partition coefficient (Wildman–Crippen LogP) is 0.267. The number of likely N-dealkylation sites (N-methyl/N-ethyl adjacent to an activating group) is 1. The summed E-state index contributed by atoms with van der Waals surface area (Å²) in [5, 5.41) is 3.28. The summed E-state index contributed by atoms with van der Waals surface area (Å²) in [6.07, 6.45) is 2.33. The van der Waals surface area contributed by atoms with E-state index in [4.69, 9.17) is 0 Å². The normalized spacial score (nSPS) is 21.1. The SMILES string of the molecule is CNC1CCCN(c2cc(=O)[nH]c(C)n2)C1. The lowest BCUT2D eigenvalue weighted by Crippen LogP contribution is -2.45. The van der Waals surface area contributed by atoms with E-state index in [0.29, 0.717) is 11.9 Å². The molecule has 1 fully saturated rings. The number of anilines is 1. The van der Waals surface area contributed by atoms with Gasteiger partial charge in [-0.1, -0.05) is 0 Å². The molecule has 5 nitrogen and oxygen atoms in total. The molecule has 0 aromatic carbocycles. The monoisotopic (exact) mass is 222 g/mol. The Bertz CT molecular complexity index is 415. The minimum absolute atomic E-state index is 0.0749. The van der Waals surface area contributed by atoms with Crippen LogP contribution in [0.1, 0.15) is 18.7 Å². The number of piperidine rings is 1. The fourth-order valence-corrected chi connectivity index (χ4v) is 2.15. The molecule has 0 spiro atoms. The number of hydrogen-bond donors (Lipinski definition) is 2. The number of aromatic nitrogens is 2. The molecule has 1 aromatic heterocycles. The van der Waals surface area contributed by atoms with Gasteiger partial charge >= 0.3 is 0 Å². The first kappa shape index (κ1) is 11.1. The Kier molecular flexibility index (Phi) is 3.24. The molecule has 0 radical (unpaired) electrons. The van der Waals surface area contributed by atoms with Crippen LogP contribution in [0.2, 0.25) is 0 Å². The van der Waals surface area contributed by atoms with Crippen molar-refractivity contribution in [1.29, 1.82) is 0 Å². The Balaban J connectivity index is 2.19. The van der Waals surface area contributed by atoms with Gasteiger partial charge in [0.1, 0.15) is 11.6 Å². The number of aromatic amines is 1. The molecule has 0 bridgehead atoms. The lowest BCUT2D eigenvalue weighted by atomic mass is 10.1. The largest absolute Gasteiger partial charge is 0.355 e. The maximum atomic E-state index is 11.4. The number of rotatable bonds is 2. The van der Waals surface area contributed by atoms with Crippen molar-refractivity contribution in [3.63, 3.8) is 0 Å². The van der Waals surface area contributed by atoms with Gasteiger partial charge in [0.05, 0.1) is 0 Å². The van der Waals surface area contributed by atoms with Crippen molar-refractivity contribution in [1.82, 2.24) is 15.3 Å². The summed E-state index contributed by atoms with van der Waals surface area (Å²) in [6, 6.07) is 2.07. The number of H-pyrrole nitrogens is 1. The van der Waals surface area contributed by atoms with Crippen molar-refractivity contribution in [2.75, 3.05) is 25.0 Å². The van der Waals surface area contributed by atoms with E-state index in [9.17, 15) is 4.79 Å². The molecule has 88 valence electrons. The van der Waals surface area contributed by atoms with E-state index in [1.807, 2.05) is 14.0 Å². The van der Waals surface area contributed by atoms with Crippen molar-refractivity contribution in [2.45, 2.75) is 25.8 Å². The molecule has 2 N–H and O–H groups in total. The molecule has 2 heterocycles. The molecule has 16 heavy (non-hydrogen) atoms. The van der Waals surface area contributed by atoms with Crippen molar-refractivity contribution in [2.24, 2.45) is 0 Å². The molecule has 2 rings (SSSR count). The average Bonchev–Trinajstić information content (AvgIpc) is 2.28. The van der Waals surface area contributed by atoms with Crippen LogP contribution in [-0.2, 0) is 0 Å². The van der Waals surface area contributed by atoms with Gasteiger partial charge in [-0.15, -0.1) is 0 Å². The standard InChI is InChI=1S/C11H18N4O/c1-8-13-10(6-11(16)14-8)15-5-3-4-9(7-15)12-2/h6,9,12H,3-5,7H2,1-2H3,(H,13,14,16). The Morgan fingerprint density at radius 1 is 1.62 bits per heavy atom. The third-order valence-corrected chi connectivity index (χ3v) is 3.00. The summed E-state index contributed by atoms with van der Waals surface area (Å²) in [7, 11) is 1.98. The second kappa shape index (κ2) is 4.65. The number of nitrogens with zero attached hydrogens (tertiary/aromatic N) is 2. The van der Waals surface area contributed by atoms with Crippen molar-refractivity contribution >= 4 is 5.82 Å². The van der Waals surface area contributed by atoms with E-state index in [-0.39, 0.29) is 5.56 Å². The fraction of sp³-hybridized carbons (Fsp3) is 0.636. The quantitative estimate of drug-likeness (QED) is 0.754. The molecule has 0 saturated carbocycles. The summed E-state index contributed by atoms with van der Waals surface area (Å²) in [5.74, 6) is 1.47. The molecular formula is C11H18N4O. The van der Waals surface area contributed by atoms with E-state index in [0.717, 1.165) is 25.3 Å². The third kappa shape index (κ3) is 2.41. The lowest BCUT2D eigenvalue weighted by molar-refractivity contribution is 0.447. The summed E-state index contributed by atoms with van der Waals surface area (Å²) in [5.41, 5.74) is -0.0749. The van der Waals surface area contributed by atoms with Gasteiger partial charge in [-0.25, -0.2) is 4.98 Å². The van der Waals surface area contributed by atoms with Gasteiger partial charge in [-0.05, 0) is 26.8 Å². The van der Waals surface area contributed by atoms with Gasteiger partial charge in [0.2, 0.25) is 0 Å². The Morgan fingerprint density at radius 3 is 3.12 bits per heavy atom. The molecule has 5 heteroatoms. The first-order chi connectivity index (χ1) is 7.69. The summed E-state index contributed by atoms with van der Waals surface area (Å²) < 4.78 is 0. The highest BCUT2D eigenvalue weighted by Gasteiger charge is 2.19. The second-order valence-corrected chi connectivity index (χ2v) is 4.26. The van der Waals surface area contributed by atoms with Crippen molar-refractivity contribution < 1.29 is 0 Å². The topological polar surface area (TPSA) is 61.0 Å². The Labute approximate surface area is 94.9 Å². The summed E-state index contributed by atoms with van der Waals surface area (Å²) >= 11 is 0. The second-order valence-electron chi connectivity index (χ2n) is 4.26. The first-order valence-corrected chi connectivity index (χ1v) is 5.69. The zero-order valence-electron chi connectivity index (χ0n) is 9.79. The Hall–Kier alpha value is -1.36. The lowest BCUT2D eigenvalue weighted by Gasteiger charge is -2.33. The van der Waals surface area contributed by atoms with Gasteiger partial charge in [-0.3, -0.25) is 4.79 Å². The van der Waals surface area contributed by atoms with Crippen LogP contribution in [0.5, 0.6) is 0 Å². The van der Waals surface area contributed by atoms with E-state index in [1.54, 1.807) is 6.07 Å². The molecule has 1 aliphatic heterocycles. The molecule has 1 unspecified atom stereocenters. The molecular weight excluding hydrogens is 204 g/mol. The van der Waals surface area contributed by atoms with Crippen molar-refractivity contribution in [3.8, 4) is 0 Å². The van der Waals surface area contributed by atoms with E-state index >= 15 is 0 Å². The van der Waals surface area contributed by atoms with Crippen LogP contribution in [0.3, 0.4) is 0 Å². The van der Waals surface area contributed by atoms with Crippen LogP contribution in [0.25, 0.3) is 0 Å². The summed E-state index contributed by atoms with van der Waals surface area (Å²) in [6.45, 7) is 3.71. The van der Waals surface area contributed by atoms with E-state index in [2.05, 4.69) is 20.2 Å². The van der Waals surface area contributed by atoms with Gasteiger partial charge in [0.15, 0.2) is 0 Å². The van der Waals surface area contributed by atoms with Gasteiger partial charge in [0.25, 0.3) is 5.56 Å². The van der Waals surface area contributed by atoms with Gasteiger partial charge in [0, 0.05) is 25.2 Å². The van der Waals surface area contributed by atoms with Gasteiger partial charge in [-0.2, -0.15) is 0 Å². The Morgan fingerprint density at radius 2 is 2.44 bits per heavy atom. The average molecular weight is 222 g/mol. The third-order valence-electron chi connectivity index (χ3n) is 3.00. The van der Waals surface area contributed by atoms with Crippen LogP contribution in [-0.4, -0.2) is 36.1 Å². The predicted molar refractivity (Wildman–Crippen MR) is 63.9 cm³/mol. The number of hydrogen-bond acceptors (Lipinski definition) is 4. The molecule has 1 saturated heterocycles. The highest BCUT2D eigenvalue weighted by Crippen LogP contribution is 2.16. The molecule has 0 aliphatic carbocycles. The molecule has 1 aromatic rings. The highest BCUT2D eigenvalue weighted by molar-refractivity contribution is 5.38. The van der Waals surface area contributed by atoms with Crippen LogP contribution >= 0.6 is 0 Å². The smallest absolute Gasteiger partial charge is 0.252 e. The van der Waals surface area contributed by atoms with Crippen molar-refractivity contribution in [3.05, 3.63) is 22.2 Å². The zero-order valence-corrected chi connectivity index (χ0v) is 9.79. The van der Waals surface area contributed by atoms with Crippen LogP contribution in [0.4, 0.5) is 5.82 Å². The number of aryl methyl sites for hydroxylation is 1. The minimum atomic E-state index is -0.0749. The van der Waals surface area contributed by atoms with Crippen LogP contribution in [0.15, 0.2) is 10.9 Å². The molecule has 1 aliphatic rings. The maximum Gasteiger partial charge on any atom is 0.252 e. The minimum Gasteiger partial charge on any atom is -0.355 e. The maximum absolute atomic E-state index is 11.4. The van der Waals surface area contributed by atoms with E-state index < -0.39 is 0 Å². The summed E-state index contributed by atoms with van der Waals surface area (Å²) in [4.78, 5) is 20.6. The fourth-order valence-electron chi connectivity index (χ4n) is 2.15. The van der Waals surface area contributed by atoms with Gasteiger partial charge < -0.3 is 15.2 Å². The van der Waals surface area contributed by atoms with Crippen LogP contribution < -0.4 is 15.8 Å². The number of nitrogens with one attached hydrogen (secondary N) is 2. The zero-order chi connectivity index (χ0) is 11.5. The molecule has 0 amide bonds.